The molecule has 11 aromatic rings. The van der Waals surface area contributed by atoms with Crippen molar-refractivity contribution in [3.63, 3.8) is 0 Å². The van der Waals surface area contributed by atoms with E-state index in [-0.39, 0.29) is 0 Å². The lowest BCUT2D eigenvalue weighted by molar-refractivity contribution is 1.13. The molecule has 11 rings (SSSR count). The number of hydrogen-bond acceptors (Lipinski definition) is 4. The summed E-state index contributed by atoms with van der Waals surface area (Å²) < 4.78 is 4.66. The Bertz CT molecular complexity index is 3440. The van der Waals surface area contributed by atoms with Gasteiger partial charge < -0.3 is 18.9 Å². The number of aromatic nitrogens is 2. The van der Waals surface area contributed by atoms with Gasteiger partial charge in [-0.15, -0.1) is 0 Å². The Hall–Kier alpha value is -9.36. The first-order valence-corrected chi connectivity index (χ1v) is 22.7. The van der Waals surface area contributed by atoms with Crippen LogP contribution in [0.5, 0.6) is 0 Å². The molecule has 0 fully saturated rings. The fraction of sp³-hybridized carbons (Fsp3) is 0.0323. The summed E-state index contributed by atoms with van der Waals surface area (Å²) >= 11 is 0. The predicted molar refractivity (Wildman–Crippen MR) is 279 cm³/mol. The highest BCUT2D eigenvalue weighted by Gasteiger charge is 2.21. The number of anilines is 6. The largest absolute Gasteiger partial charge is 0.310 e. The molecule has 0 spiro atoms. The van der Waals surface area contributed by atoms with Crippen LogP contribution in [0.25, 0.3) is 55.7 Å². The summed E-state index contributed by atoms with van der Waals surface area (Å²) in [6.07, 6.45) is 0. The Kier molecular flexibility index (Phi) is 10.7. The third kappa shape index (κ3) is 7.73. The summed E-state index contributed by atoms with van der Waals surface area (Å²) in [4.78, 5) is 4.58. The maximum Gasteiger partial charge on any atom is 0.0991 e. The second kappa shape index (κ2) is 17.6. The van der Waals surface area contributed by atoms with E-state index in [0.717, 1.165) is 89.8 Å². The fourth-order valence-corrected chi connectivity index (χ4v) is 9.41. The van der Waals surface area contributed by atoms with Crippen molar-refractivity contribution >= 4 is 55.9 Å². The number of hydrogen-bond donors (Lipinski definition) is 0. The summed E-state index contributed by atoms with van der Waals surface area (Å²) in [7, 11) is 0. The van der Waals surface area contributed by atoms with E-state index in [2.05, 4.69) is 215 Å². The maximum atomic E-state index is 9.71. The molecule has 0 aliphatic heterocycles. The van der Waals surface area contributed by atoms with E-state index in [0.29, 0.717) is 11.1 Å². The van der Waals surface area contributed by atoms with Crippen molar-refractivity contribution in [3.8, 4) is 46.0 Å². The van der Waals surface area contributed by atoms with E-state index < -0.39 is 0 Å². The van der Waals surface area contributed by atoms with Crippen LogP contribution in [0, 0.1) is 36.5 Å². The van der Waals surface area contributed by atoms with Gasteiger partial charge in [0.05, 0.1) is 45.7 Å². The van der Waals surface area contributed by atoms with Gasteiger partial charge in [-0.2, -0.15) is 10.5 Å². The summed E-state index contributed by atoms with van der Waals surface area (Å²) in [5.41, 5.74) is 18.2. The summed E-state index contributed by atoms with van der Waals surface area (Å²) in [5, 5.41) is 21.6. The fourth-order valence-electron chi connectivity index (χ4n) is 9.41. The van der Waals surface area contributed by atoms with Crippen molar-refractivity contribution in [1.82, 2.24) is 9.13 Å². The monoisotopic (exact) mass is 872 g/mol. The Morgan fingerprint density at radius 2 is 0.691 bits per heavy atom. The lowest BCUT2D eigenvalue weighted by atomic mass is 10.1. The summed E-state index contributed by atoms with van der Waals surface area (Å²) in [6.45, 7) is 4.25. The molecule has 68 heavy (non-hydrogen) atoms. The van der Waals surface area contributed by atoms with Gasteiger partial charge in [0.2, 0.25) is 0 Å². The van der Waals surface area contributed by atoms with Crippen LogP contribution in [-0.2, 0) is 0 Å². The predicted octanol–water partition coefficient (Wildman–Crippen LogP) is 16.2. The molecular weight excluding hydrogens is 829 g/mol. The Labute approximate surface area is 396 Å². The molecule has 0 amide bonds. The topological polar surface area (TPSA) is 63.9 Å². The van der Waals surface area contributed by atoms with Crippen LogP contribution < -0.4 is 9.80 Å². The van der Waals surface area contributed by atoms with E-state index in [1.54, 1.807) is 0 Å². The SMILES string of the molecule is Cc1cccc(N(c2ccccc2)c2ccc(-n3c(-c4ccc(C#N)cc4)cc4cc5c(cc(-c6ccc(C#N)cc6)n5-c5ccc(N(c6ccccc6)c6cccc(C)c6)cc5)cc43)cc2)c1. The van der Waals surface area contributed by atoms with E-state index in [9.17, 15) is 10.5 Å². The van der Waals surface area contributed by atoms with E-state index in [4.69, 9.17) is 0 Å². The molecule has 0 aliphatic carbocycles. The third-order valence-corrected chi connectivity index (χ3v) is 12.6. The minimum absolute atomic E-state index is 0.616. The normalized spacial score (nSPS) is 11.1. The number of para-hydroxylation sites is 2. The summed E-state index contributed by atoms with van der Waals surface area (Å²) in [5.74, 6) is 0. The van der Waals surface area contributed by atoms with Crippen molar-refractivity contribution in [1.29, 1.82) is 10.5 Å². The van der Waals surface area contributed by atoms with Gasteiger partial charge in [0.15, 0.2) is 0 Å². The van der Waals surface area contributed by atoms with E-state index >= 15 is 0 Å². The molecule has 0 bridgehead atoms. The lowest BCUT2D eigenvalue weighted by Gasteiger charge is -2.26. The highest BCUT2D eigenvalue weighted by atomic mass is 15.1. The zero-order valence-corrected chi connectivity index (χ0v) is 37.6. The van der Waals surface area contributed by atoms with Gasteiger partial charge in [-0.05, 0) is 182 Å². The molecule has 0 saturated heterocycles. The minimum Gasteiger partial charge on any atom is -0.310 e. The Balaban J connectivity index is 1.08. The van der Waals surface area contributed by atoms with Gasteiger partial charge in [-0.25, -0.2) is 0 Å². The van der Waals surface area contributed by atoms with Crippen molar-refractivity contribution in [2.75, 3.05) is 9.80 Å². The molecule has 2 aromatic heterocycles. The smallest absolute Gasteiger partial charge is 0.0991 e. The van der Waals surface area contributed by atoms with Crippen LogP contribution in [0.1, 0.15) is 22.3 Å². The van der Waals surface area contributed by atoms with E-state index in [1.807, 2.05) is 60.7 Å². The number of aryl methyl sites for hydroxylation is 2. The molecule has 9 aromatic carbocycles. The lowest BCUT2D eigenvalue weighted by Crippen LogP contribution is -2.10. The Morgan fingerprint density at radius 3 is 1.04 bits per heavy atom. The molecular formula is C62H44N6. The molecule has 0 atom stereocenters. The van der Waals surface area contributed by atoms with Crippen molar-refractivity contribution in [2.24, 2.45) is 0 Å². The zero-order chi connectivity index (χ0) is 46.1. The average molecular weight is 873 g/mol. The molecule has 6 nitrogen and oxygen atoms in total. The highest BCUT2D eigenvalue weighted by molar-refractivity contribution is 6.02. The first-order valence-electron chi connectivity index (χ1n) is 22.7. The van der Waals surface area contributed by atoms with Gasteiger partial charge in [0, 0.05) is 56.3 Å². The average Bonchev–Trinajstić information content (AvgIpc) is 3.95. The zero-order valence-electron chi connectivity index (χ0n) is 37.6. The second-order valence-electron chi connectivity index (χ2n) is 17.1. The van der Waals surface area contributed by atoms with Crippen LogP contribution in [0.4, 0.5) is 34.1 Å². The van der Waals surface area contributed by atoms with Gasteiger partial charge >= 0.3 is 0 Å². The van der Waals surface area contributed by atoms with Crippen molar-refractivity contribution in [2.45, 2.75) is 13.8 Å². The van der Waals surface area contributed by atoms with Crippen LogP contribution in [0.2, 0.25) is 0 Å². The number of fused-ring (bicyclic) bond motifs is 2. The molecule has 6 heteroatoms. The van der Waals surface area contributed by atoms with Crippen LogP contribution >= 0.6 is 0 Å². The van der Waals surface area contributed by atoms with Crippen LogP contribution in [0.15, 0.2) is 231 Å². The highest BCUT2D eigenvalue weighted by Crippen LogP contribution is 2.41. The first-order chi connectivity index (χ1) is 33.4. The standard InChI is InChI=1S/C62H44N6/c1-43-11-9-17-57(35-43)65(51-13-5-3-6-14-51)53-27-31-55(32-28-53)67-59(47-23-19-45(41-63)20-24-47)37-49-40-62-50(39-61(49)67)38-60(48-25-21-46(42-64)22-26-48)68(62)56-33-29-54(30-34-56)66(52-15-7-4-8-16-52)58-18-10-12-44(2)36-58/h3-40H,1-2H3. The van der Waals surface area contributed by atoms with Crippen LogP contribution in [-0.4, -0.2) is 9.13 Å². The molecule has 0 aliphatic rings. The van der Waals surface area contributed by atoms with Crippen molar-refractivity contribution < 1.29 is 0 Å². The van der Waals surface area contributed by atoms with E-state index in [1.165, 1.54) is 11.1 Å². The van der Waals surface area contributed by atoms with Crippen LogP contribution in [0.3, 0.4) is 0 Å². The van der Waals surface area contributed by atoms with Gasteiger partial charge in [0.1, 0.15) is 0 Å². The Morgan fingerprint density at radius 1 is 0.338 bits per heavy atom. The number of nitrogens with zero attached hydrogens (tertiary/aromatic N) is 6. The number of nitriles is 2. The van der Waals surface area contributed by atoms with Gasteiger partial charge in [0.25, 0.3) is 0 Å². The first kappa shape index (κ1) is 41.4. The minimum atomic E-state index is 0.616. The molecule has 0 saturated carbocycles. The number of rotatable bonds is 10. The molecule has 322 valence electrons. The molecule has 0 unspecified atom stereocenters. The van der Waals surface area contributed by atoms with Gasteiger partial charge in [-0.3, -0.25) is 0 Å². The molecule has 0 N–H and O–H groups in total. The van der Waals surface area contributed by atoms with Gasteiger partial charge in [-0.1, -0.05) is 84.9 Å². The summed E-state index contributed by atoms with van der Waals surface area (Å²) in [6, 6.07) is 85.0. The molecule has 2 heterocycles. The quantitative estimate of drug-likeness (QED) is 0.137. The maximum absolute atomic E-state index is 9.71. The number of benzene rings is 9. The molecule has 0 radical (unpaired) electrons. The van der Waals surface area contributed by atoms with Crippen molar-refractivity contribution in [3.05, 3.63) is 253 Å². The second-order valence-corrected chi connectivity index (χ2v) is 17.1. The third-order valence-electron chi connectivity index (χ3n) is 12.6.